The first-order valence-corrected chi connectivity index (χ1v) is 9.82. The van der Waals surface area contributed by atoms with E-state index in [4.69, 9.17) is 0 Å². The lowest BCUT2D eigenvalue weighted by Gasteiger charge is -2.14. The monoisotopic (exact) mass is 378 g/mol. The minimum Gasteiger partial charge on any atom is -0.321 e. The first-order valence-electron chi connectivity index (χ1n) is 8.34. The second kappa shape index (κ2) is 7.97. The van der Waals surface area contributed by atoms with Crippen LogP contribution in [0.15, 0.2) is 35.2 Å². The lowest BCUT2D eigenvalue weighted by molar-refractivity contribution is 0.102. The number of nitrogens with one attached hydrogen (secondary N) is 2. The van der Waals surface area contributed by atoms with Gasteiger partial charge in [-0.2, -0.15) is 0 Å². The van der Waals surface area contributed by atoms with E-state index in [1.54, 1.807) is 0 Å². The van der Waals surface area contributed by atoms with Gasteiger partial charge < -0.3 is 5.32 Å². The number of anilines is 1. The van der Waals surface area contributed by atoms with Crippen molar-refractivity contribution in [1.29, 1.82) is 0 Å². The summed E-state index contributed by atoms with van der Waals surface area (Å²) in [7, 11) is -3.79. The second-order valence-electron chi connectivity index (χ2n) is 6.27. The van der Waals surface area contributed by atoms with E-state index < -0.39 is 21.7 Å². The molecule has 0 saturated heterocycles. The molecule has 0 atom stereocenters. The number of rotatable bonds is 6. The zero-order chi connectivity index (χ0) is 19.5. The van der Waals surface area contributed by atoms with Crippen LogP contribution in [0.25, 0.3) is 0 Å². The van der Waals surface area contributed by atoms with Crippen LogP contribution in [0.3, 0.4) is 0 Å². The minimum atomic E-state index is -3.79. The quantitative estimate of drug-likeness (QED) is 0.805. The summed E-state index contributed by atoms with van der Waals surface area (Å²) >= 11 is 0. The fourth-order valence-electron chi connectivity index (χ4n) is 2.72. The van der Waals surface area contributed by atoms with Gasteiger partial charge in [0.05, 0.1) is 10.5 Å². The molecule has 0 aliphatic heterocycles. The van der Waals surface area contributed by atoms with Gasteiger partial charge in [0.25, 0.3) is 5.91 Å². The summed E-state index contributed by atoms with van der Waals surface area (Å²) in [6, 6.07) is 7.02. The summed E-state index contributed by atoms with van der Waals surface area (Å²) in [4.78, 5) is 12.4. The van der Waals surface area contributed by atoms with Crippen molar-refractivity contribution in [3.63, 3.8) is 0 Å². The number of hydrogen-bond acceptors (Lipinski definition) is 3. The zero-order valence-corrected chi connectivity index (χ0v) is 16.1. The highest BCUT2D eigenvalue weighted by atomic mass is 32.2. The highest BCUT2D eigenvalue weighted by molar-refractivity contribution is 7.89. The van der Waals surface area contributed by atoms with Crippen LogP contribution in [-0.2, 0) is 10.0 Å². The Kier molecular flexibility index (Phi) is 6.15. The van der Waals surface area contributed by atoms with Crippen molar-refractivity contribution in [2.75, 3.05) is 11.9 Å². The number of hydrogen-bond donors (Lipinski definition) is 2. The summed E-state index contributed by atoms with van der Waals surface area (Å²) < 4.78 is 41.0. The van der Waals surface area contributed by atoms with Crippen LogP contribution in [0.5, 0.6) is 0 Å². The van der Waals surface area contributed by atoms with E-state index in [-0.39, 0.29) is 17.0 Å². The number of halogens is 1. The average Bonchev–Trinajstić information content (AvgIpc) is 2.56. The molecule has 2 aromatic carbocycles. The predicted molar refractivity (Wildman–Crippen MR) is 100 cm³/mol. The molecule has 0 aliphatic rings. The fraction of sp³-hybridized carbons (Fsp3) is 0.316. The van der Waals surface area contributed by atoms with E-state index >= 15 is 0 Å². The molecule has 0 unspecified atom stereocenters. The molecule has 0 aliphatic carbocycles. The van der Waals surface area contributed by atoms with E-state index in [2.05, 4.69) is 10.0 Å². The predicted octanol–water partition coefficient (Wildman–Crippen LogP) is 3.69. The molecular formula is C19H23FN2O3S. The van der Waals surface area contributed by atoms with Crippen LogP contribution in [-0.4, -0.2) is 20.9 Å². The van der Waals surface area contributed by atoms with Crippen molar-refractivity contribution in [3.8, 4) is 0 Å². The van der Waals surface area contributed by atoms with Crippen LogP contribution in [0, 0.1) is 26.6 Å². The molecule has 140 valence electrons. The number of amides is 1. The zero-order valence-electron chi connectivity index (χ0n) is 15.3. The second-order valence-corrected chi connectivity index (χ2v) is 8.03. The summed E-state index contributed by atoms with van der Waals surface area (Å²) in [6.07, 6.45) is 0.625. The molecule has 1 amide bonds. The molecule has 0 spiro atoms. The Morgan fingerprint density at radius 3 is 2.27 bits per heavy atom. The van der Waals surface area contributed by atoms with Crippen LogP contribution in [0.2, 0.25) is 0 Å². The van der Waals surface area contributed by atoms with Gasteiger partial charge in [-0.1, -0.05) is 24.6 Å². The molecule has 0 fully saturated rings. The van der Waals surface area contributed by atoms with Crippen molar-refractivity contribution < 1.29 is 17.6 Å². The third-order valence-electron chi connectivity index (χ3n) is 3.95. The molecule has 26 heavy (non-hydrogen) atoms. The van der Waals surface area contributed by atoms with Gasteiger partial charge >= 0.3 is 0 Å². The fourth-order valence-corrected chi connectivity index (χ4v) is 3.88. The first kappa shape index (κ1) is 20.1. The molecule has 0 heterocycles. The van der Waals surface area contributed by atoms with Gasteiger partial charge in [0.15, 0.2) is 0 Å². The molecule has 0 radical (unpaired) electrons. The van der Waals surface area contributed by atoms with Gasteiger partial charge in [-0.05, 0) is 56.5 Å². The minimum absolute atomic E-state index is 0.144. The van der Waals surface area contributed by atoms with Crippen LogP contribution < -0.4 is 10.0 Å². The molecule has 0 aromatic heterocycles. The standard InChI is InChI=1S/C19H23FN2O3S/c1-5-8-21-26(24,25)15-6-7-17(20)16(11-15)19(23)22-18-13(3)9-12(2)10-14(18)4/h6-7,9-11,21H,5,8H2,1-4H3,(H,22,23). The van der Waals surface area contributed by atoms with Gasteiger partial charge in [-0.25, -0.2) is 17.5 Å². The summed E-state index contributed by atoms with van der Waals surface area (Å²) in [5, 5.41) is 2.69. The van der Waals surface area contributed by atoms with Gasteiger partial charge in [-0.3, -0.25) is 4.79 Å². The van der Waals surface area contributed by atoms with E-state index in [0.29, 0.717) is 12.1 Å². The van der Waals surface area contributed by atoms with Crippen molar-refractivity contribution in [2.45, 2.75) is 39.0 Å². The van der Waals surface area contributed by atoms with Gasteiger partial charge in [0.2, 0.25) is 10.0 Å². The van der Waals surface area contributed by atoms with Crippen molar-refractivity contribution in [3.05, 3.63) is 58.4 Å². The summed E-state index contributed by atoms with van der Waals surface area (Å²) in [5.41, 5.74) is 3.04. The van der Waals surface area contributed by atoms with Crippen LogP contribution in [0.4, 0.5) is 10.1 Å². The van der Waals surface area contributed by atoms with Gasteiger partial charge in [0, 0.05) is 12.2 Å². The molecule has 0 bridgehead atoms. The maximum Gasteiger partial charge on any atom is 0.258 e. The summed E-state index contributed by atoms with van der Waals surface area (Å²) in [5.74, 6) is -1.47. The van der Waals surface area contributed by atoms with Crippen molar-refractivity contribution in [1.82, 2.24) is 4.72 Å². The number of sulfonamides is 1. The first-order chi connectivity index (χ1) is 12.2. The smallest absolute Gasteiger partial charge is 0.258 e. The number of carbonyl (C=O) groups excluding carboxylic acids is 1. The van der Waals surface area contributed by atoms with E-state index in [0.717, 1.165) is 34.9 Å². The SMILES string of the molecule is CCCNS(=O)(=O)c1ccc(F)c(C(=O)Nc2c(C)cc(C)cc2C)c1. The highest BCUT2D eigenvalue weighted by Crippen LogP contribution is 2.24. The van der Waals surface area contributed by atoms with Crippen LogP contribution >= 0.6 is 0 Å². The maximum atomic E-state index is 14.2. The molecule has 2 N–H and O–H groups in total. The molecule has 5 nitrogen and oxygen atoms in total. The van der Waals surface area contributed by atoms with Crippen molar-refractivity contribution >= 4 is 21.6 Å². The lowest BCUT2D eigenvalue weighted by atomic mass is 10.0. The Balaban J connectivity index is 2.37. The Morgan fingerprint density at radius 1 is 1.08 bits per heavy atom. The van der Waals surface area contributed by atoms with E-state index in [1.807, 2.05) is 39.8 Å². The third kappa shape index (κ3) is 4.47. The Labute approximate surface area is 153 Å². The van der Waals surface area contributed by atoms with Gasteiger partial charge in [-0.15, -0.1) is 0 Å². The number of aryl methyl sites for hydroxylation is 3. The molecule has 2 rings (SSSR count). The van der Waals surface area contributed by atoms with Gasteiger partial charge in [0.1, 0.15) is 5.82 Å². The number of benzene rings is 2. The van der Waals surface area contributed by atoms with Crippen LogP contribution in [0.1, 0.15) is 40.4 Å². The summed E-state index contributed by atoms with van der Waals surface area (Å²) in [6.45, 7) is 7.74. The normalized spacial score (nSPS) is 11.4. The molecular weight excluding hydrogens is 355 g/mol. The lowest BCUT2D eigenvalue weighted by Crippen LogP contribution is -2.25. The van der Waals surface area contributed by atoms with Crippen molar-refractivity contribution in [2.24, 2.45) is 0 Å². The average molecular weight is 378 g/mol. The molecule has 0 saturated carbocycles. The Hall–Kier alpha value is -2.25. The molecule has 2 aromatic rings. The topological polar surface area (TPSA) is 75.3 Å². The highest BCUT2D eigenvalue weighted by Gasteiger charge is 2.20. The molecule has 7 heteroatoms. The number of carbonyl (C=O) groups is 1. The maximum absolute atomic E-state index is 14.2. The largest absolute Gasteiger partial charge is 0.321 e. The Bertz CT molecular complexity index is 917. The van der Waals surface area contributed by atoms with E-state index in [9.17, 15) is 17.6 Å². The Morgan fingerprint density at radius 2 is 1.69 bits per heavy atom. The van der Waals surface area contributed by atoms with E-state index in [1.165, 1.54) is 0 Å². The third-order valence-corrected chi connectivity index (χ3v) is 5.41.